The Morgan fingerprint density at radius 1 is 1.39 bits per heavy atom. The fourth-order valence-electron chi connectivity index (χ4n) is 1.47. The van der Waals surface area contributed by atoms with Gasteiger partial charge in [-0.3, -0.25) is 0 Å². The smallest absolute Gasteiger partial charge is 0.207 e. The normalized spacial score (nSPS) is 13.3. The third-order valence-electron chi connectivity index (χ3n) is 2.83. The summed E-state index contributed by atoms with van der Waals surface area (Å²) in [6.45, 7) is 7.69. The minimum Gasteiger partial charge on any atom is -0.207 e. The lowest BCUT2D eigenvalue weighted by molar-refractivity contribution is 0.585. The molecule has 1 atom stereocenters. The predicted molar refractivity (Wildman–Crippen MR) is 75.3 cm³/mol. The van der Waals surface area contributed by atoms with Crippen molar-refractivity contribution in [2.24, 2.45) is 0 Å². The summed E-state index contributed by atoms with van der Waals surface area (Å²) in [5.74, 6) is 0.428. The number of halogens is 1. The van der Waals surface area contributed by atoms with Crippen LogP contribution in [0.25, 0.3) is 0 Å². The summed E-state index contributed by atoms with van der Waals surface area (Å²) in [7, 11) is -3.50. The van der Waals surface area contributed by atoms with Gasteiger partial charge in [0, 0.05) is 11.6 Å². The maximum Gasteiger partial charge on any atom is 0.240 e. The van der Waals surface area contributed by atoms with Crippen molar-refractivity contribution in [3.05, 3.63) is 41.4 Å². The molecule has 18 heavy (non-hydrogen) atoms. The molecule has 0 aromatic heterocycles. The second-order valence-electron chi connectivity index (χ2n) is 4.22. The molecule has 0 aliphatic carbocycles. The molecule has 1 unspecified atom stereocenters. The molecule has 0 aliphatic heterocycles. The molecule has 5 heteroatoms. The first-order chi connectivity index (χ1) is 8.36. The van der Waals surface area contributed by atoms with Crippen LogP contribution >= 0.6 is 11.6 Å². The zero-order valence-corrected chi connectivity index (χ0v) is 12.2. The average molecular weight is 288 g/mol. The molecule has 0 bridgehead atoms. The average Bonchev–Trinajstić information content (AvgIpc) is 2.36. The molecule has 0 amide bonds. The zero-order valence-electron chi connectivity index (χ0n) is 10.6. The van der Waals surface area contributed by atoms with Gasteiger partial charge in [-0.2, -0.15) is 0 Å². The number of sulfonamides is 1. The third kappa shape index (κ3) is 4.12. The van der Waals surface area contributed by atoms with Crippen LogP contribution in [0.4, 0.5) is 0 Å². The van der Waals surface area contributed by atoms with Gasteiger partial charge in [0.05, 0.1) is 4.90 Å². The zero-order chi connectivity index (χ0) is 13.8. The second kappa shape index (κ2) is 6.36. The first kappa shape index (κ1) is 15.2. The van der Waals surface area contributed by atoms with Gasteiger partial charge in [0.25, 0.3) is 0 Å². The van der Waals surface area contributed by atoms with Crippen molar-refractivity contribution < 1.29 is 8.42 Å². The van der Waals surface area contributed by atoms with Gasteiger partial charge in [0.15, 0.2) is 0 Å². The van der Waals surface area contributed by atoms with E-state index >= 15 is 0 Å². The number of hydrogen-bond acceptors (Lipinski definition) is 2. The van der Waals surface area contributed by atoms with E-state index in [1.807, 2.05) is 12.1 Å². The van der Waals surface area contributed by atoms with E-state index in [-0.39, 0.29) is 16.5 Å². The van der Waals surface area contributed by atoms with Gasteiger partial charge in [-0.15, -0.1) is 0 Å². The summed E-state index contributed by atoms with van der Waals surface area (Å²) in [5.41, 5.74) is 1.14. The highest BCUT2D eigenvalue weighted by Gasteiger charge is 2.14. The molecule has 0 radical (unpaired) electrons. The predicted octanol–water partition coefficient (Wildman–Crippen LogP) is 3.23. The highest BCUT2D eigenvalue weighted by molar-refractivity contribution is 7.89. The Bertz CT molecular complexity index is 508. The van der Waals surface area contributed by atoms with E-state index in [0.717, 1.165) is 12.0 Å². The fourth-order valence-corrected chi connectivity index (χ4v) is 2.64. The molecule has 1 rings (SSSR count). The highest BCUT2D eigenvalue weighted by atomic mass is 35.5. The van der Waals surface area contributed by atoms with Crippen LogP contribution in [0.15, 0.2) is 40.8 Å². The van der Waals surface area contributed by atoms with Crippen molar-refractivity contribution in [3.63, 3.8) is 0 Å². The Kier molecular flexibility index (Phi) is 5.38. The van der Waals surface area contributed by atoms with E-state index < -0.39 is 10.0 Å². The van der Waals surface area contributed by atoms with E-state index in [1.54, 1.807) is 12.1 Å². The summed E-state index contributed by atoms with van der Waals surface area (Å²) in [5, 5.41) is 0.259. The topological polar surface area (TPSA) is 46.2 Å². The Hall–Kier alpha value is -0.840. The van der Waals surface area contributed by atoms with Crippen molar-refractivity contribution >= 4 is 21.6 Å². The van der Waals surface area contributed by atoms with Gasteiger partial charge in [0.1, 0.15) is 0 Å². The molecule has 1 N–H and O–H groups in total. The lowest BCUT2D eigenvalue weighted by Crippen LogP contribution is -2.24. The van der Waals surface area contributed by atoms with Crippen LogP contribution in [0, 0.1) is 0 Å². The van der Waals surface area contributed by atoms with Gasteiger partial charge in [-0.25, -0.2) is 13.1 Å². The number of rotatable bonds is 6. The van der Waals surface area contributed by atoms with Gasteiger partial charge < -0.3 is 0 Å². The summed E-state index contributed by atoms with van der Waals surface area (Å²) >= 11 is 5.54. The van der Waals surface area contributed by atoms with Crippen molar-refractivity contribution in [2.75, 3.05) is 6.54 Å². The largest absolute Gasteiger partial charge is 0.240 e. The number of hydrogen-bond donors (Lipinski definition) is 1. The fraction of sp³-hybridized carbons (Fsp3) is 0.385. The molecule has 0 saturated heterocycles. The van der Waals surface area contributed by atoms with E-state index in [9.17, 15) is 8.42 Å². The van der Waals surface area contributed by atoms with Gasteiger partial charge in [0.2, 0.25) is 10.0 Å². The third-order valence-corrected chi connectivity index (χ3v) is 4.38. The van der Waals surface area contributed by atoms with Gasteiger partial charge in [-0.1, -0.05) is 44.2 Å². The molecule has 100 valence electrons. The Morgan fingerprint density at radius 3 is 2.39 bits per heavy atom. The summed E-state index contributed by atoms with van der Waals surface area (Å²) < 4.78 is 26.1. The molecule has 0 aliphatic rings. The molecule has 1 aromatic rings. The second-order valence-corrected chi connectivity index (χ2v) is 6.52. The van der Waals surface area contributed by atoms with Crippen LogP contribution in [0.3, 0.4) is 0 Å². The molecule has 1 aromatic carbocycles. The minimum absolute atomic E-state index is 0.0387. The molecule has 0 saturated carbocycles. The quantitative estimate of drug-likeness (QED) is 0.873. The minimum atomic E-state index is -3.50. The molecule has 0 fully saturated rings. The van der Waals surface area contributed by atoms with Gasteiger partial charge in [-0.05, 0) is 30.0 Å². The summed E-state index contributed by atoms with van der Waals surface area (Å²) in [6, 6.07) is 6.91. The molecular weight excluding hydrogens is 270 g/mol. The van der Waals surface area contributed by atoms with Crippen molar-refractivity contribution in [1.29, 1.82) is 0 Å². The number of benzene rings is 1. The molecular formula is C13H18ClNO2S. The van der Waals surface area contributed by atoms with Crippen LogP contribution in [0.1, 0.15) is 31.7 Å². The Balaban J connectivity index is 2.87. The number of nitrogens with one attached hydrogen (secondary N) is 1. The van der Waals surface area contributed by atoms with E-state index in [4.69, 9.17) is 11.6 Å². The molecule has 0 heterocycles. The molecule has 3 nitrogen and oxygen atoms in total. The Morgan fingerprint density at radius 2 is 1.94 bits per heavy atom. The lowest BCUT2D eigenvalue weighted by Gasteiger charge is -2.10. The van der Waals surface area contributed by atoms with Crippen LogP contribution in [0.2, 0.25) is 0 Å². The highest BCUT2D eigenvalue weighted by Crippen LogP contribution is 2.20. The first-order valence-corrected chi connectivity index (χ1v) is 7.66. The van der Waals surface area contributed by atoms with Crippen LogP contribution in [-0.2, 0) is 10.0 Å². The lowest BCUT2D eigenvalue weighted by atomic mass is 9.99. The van der Waals surface area contributed by atoms with Crippen LogP contribution < -0.4 is 4.72 Å². The van der Waals surface area contributed by atoms with Gasteiger partial charge >= 0.3 is 0 Å². The van der Waals surface area contributed by atoms with E-state index in [2.05, 4.69) is 25.1 Å². The van der Waals surface area contributed by atoms with Crippen LogP contribution in [0.5, 0.6) is 0 Å². The molecule has 0 spiro atoms. The summed E-state index contributed by atoms with van der Waals surface area (Å²) in [6.07, 6.45) is 1.02. The Labute approximate surface area is 114 Å². The van der Waals surface area contributed by atoms with Crippen molar-refractivity contribution in [1.82, 2.24) is 4.72 Å². The monoisotopic (exact) mass is 287 g/mol. The van der Waals surface area contributed by atoms with Crippen LogP contribution in [-0.4, -0.2) is 15.0 Å². The van der Waals surface area contributed by atoms with E-state index in [1.165, 1.54) is 0 Å². The maximum absolute atomic E-state index is 11.9. The van der Waals surface area contributed by atoms with Crippen molar-refractivity contribution in [3.8, 4) is 0 Å². The maximum atomic E-state index is 11.9. The van der Waals surface area contributed by atoms with E-state index in [0.29, 0.717) is 5.92 Å². The standard InChI is InChI=1S/C13H18ClNO2S/c1-4-10(2)12-5-7-13(8-6-12)18(16,17)15-9-11(3)14/h5-8,10,15H,3-4,9H2,1-2H3. The summed E-state index contributed by atoms with van der Waals surface area (Å²) in [4.78, 5) is 0.243. The SMILES string of the molecule is C=C(Cl)CNS(=O)(=O)c1ccc(C(C)CC)cc1. The van der Waals surface area contributed by atoms with Crippen molar-refractivity contribution in [2.45, 2.75) is 31.1 Å². The first-order valence-electron chi connectivity index (χ1n) is 5.79.